The minimum absolute atomic E-state index is 0.0172. The van der Waals surface area contributed by atoms with Gasteiger partial charge in [-0.1, -0.05) is 24.3 Å². The molecule has 2 aromatic rings. The molecule has 0 unspecified atom stereocenters. The fourth-order valence-electron chi connectivity index (χ4n) is 2.00. The molecular formula is C15H19N5O3. The number of methoxy groups -OCH3 is 1. The maximum Gasteiger partial charge on any atom is 0.412 e. The van der Waals surface area contributed by atoms with Gasteiger partial charge in [0.25, 0.3) is 0 Å². The van der Waals surface area contributed by atoms with Crippen LogP contribution in [-0.4, -0.2) is 40.6 Å². The maximum absolute atomic E-state index is 11.9. The number of carbonyl (C=O) groups is 2. The first kappa shape index (κ1) is 16.5. The Hall–Kier alpha value is -2.90. The zero-order chi connectivity index (χ0) is 16.7. The Balaban J connectivity index is 1.77. The number of aromatic nitrogens is 3. The molecule has 0 atom stereocenters. The second kappa shape index (κ2) is 7.92. The van der Waals surface area contributed by atoms with Gasteiger partial charge >= 0.3 is 6.09 Å². The van der Waals surface area contributed by atoms with E-state index in [1.807, 2.05) is 31.2 Å². The average Bonchev–Trinajstić information content (AvgIpc) is 2.96. The minimum Gasteiger partial charge on any atom is -0.453 e. The maximum atomic E-state index is 11.9. The summed E-state index contributed by atoms with van der Waals surface area (Å²) in [4.78, 5) is 24.1. The van der Waals surface area contributed by atoms with Gasteiger partial charge in [0.05, 0.1) is 13.3 Å². The topological polar surface area (TPSA) is 98.1 Å². The van der Waals surface area contributed by atoms with Crippen LogP contribution in [0.15, 0.2) is 30.5 Å². The van der Waals surface area contributed by atoms with Crippen molar-refractivity contribution in [2.45, 2.75) is 19.9 Å². The van der Waals surface area contributed by atoms with Crippen molar-refractivity contribution in [2.24, 2.45) is 0 Å². The summed E-state index contributed by atoms with van der Waals surface area (Å²) in [5, 5.41) is 13.0. The van der Waals surface area contributed by atoms with Crippen LogP contribution in [0.1, 0.15) is 11.1 Å². The number of hydrogen-bond donors (Lipinski definition) is 2. The molecule has 122 valence electrons. The molecule has 23 heavy (non-hydrogen) atoms. The van der Waals surface area contributed by atoms with Crippen molar-refractivity contribution >= 4 is 17.8 Å². The van der Waals surface area contributed by atoms with Gasteiger partial charge in [-0.15, -0.1) is 5.10 Å². The SMILES string of the molecule is COC(=O)Nc1cnn(CC(=O)NCCc2ccccc2C)n1. The molecule has 2 amide bonds. The highest BCUT2D eigenvalue weighted by molar-refractivity contribution is 5.82. The average molecular weight is 317 g/mol. The Morgan fingerprint density at radius 2 is 2.09 bits per heavy atom. The molecule has 1 aromatic carbocycles. The van der Waals surface area contributed by atoms with Crippen LogP contribution < -0.4 is 10.6 Å². The van der Waals surface area contributed by atoms with Crippen molar-refractivity contribution in [3.05, 3.63) is 41.6 Å². The lowest BCUT2D eigenvalue weighted by Crippen LogP contribution is -2.30. The van der Waals surface area contributed by atoms with E-state index in [-0.39, 0.29) is 18.3 Å². The lowest BCUT2D eigenvalue weighted by atomic mass is 10.1. The molecule has 8 nitrogen and oxygen atoms in total. The van der Waals surface area contributed by atoms with E-state index >= 15 is 0 Å². The lowest BCUT2D eigenvalue weighted by Gasteiger charge is -2.07. The molecule has 0 saturated heterocycles. The number of nitrogens with one attached hydrogen (secondary N) is 2. The monoisotopic (exact) mass is 317 g/mol. The van der Waals surface area contributed by atoms with Crippen LogP contribution in [0.25, 0.3) is 0 Å². The third-order valence-corrected chi connectivity index (χ3v) is 3.21. The molecule has 0 aliphatic rings. The predicted molar refractivity (Wildman–Crippen MR) is 83.9 cm³/mol. The molecule has 2 rings (SSSR count). The molecule has 0 aliphatic carbocycles. The van der Waals surface area contributed by atoms with Gasteiger partial charge in [-0.2, -0.15) is 9.90 Å². The number of anilines is 1. The highest BCUT2D eigenvalue weighted by Gasteiger charge is 2.08. The van der Waals surface area contributed by atoms with Crippen molar-refractivity contribution in [1.29, 1.82) is 0 Å². The summed E-state index contributed by atoms with van der Waals surface area (Å²) < 4.78 is 4.44. The first-order valence-electron chi connectivity index (χ1n) is 7.15. The van der Waals surface area contributed by atoms with Crippen molar-refractivity contribution in [3.8, 4) is 0 Å². The summed E-state index contributed by atoms with van der Waals surface area (Å²) in [7, 11) is 1.25. The zero-order valence-electron chi connectivity index (χ0n) is 13.1. The molecule has 2 N–H and O–H groups in total. The van der Waals surface area contributed by atoms with Crippen LogP contribution in [0.5, 0.6) is 0 Å². The highest BCUT2D eigenvalue weighted by Crippen LogP contribution is 2.06. The van der Waals surface area contributed by atoms with Gasteiger partial charge in [0, 0.05) is 6.54 Å². The molecule has 0 radical (unpaired) electrons. The number of carbonyl (C=O) groups excluding carboxylic acids is 2. The molecule has 0 saturated carbocycles. The summed E-state index contributed by atoms with van der Waals surface area (Å²) in [6.07, 6.45) is 1.47. The third kappa shape index (κ3) is 5.10. The standard InChI is InChI=1S/C15H19N5O3/c1-11-5-3-4-6-12(11)7-8-16-14(21)10-20-17-9-13(19-20)18-15(22)23-2/h3-6,9H,7-8,10H2,1-2H3,(H,16,21)(H,18,19,22). The van der Waals surface area contributed by atoms with Crippen LogP contribution >= 0.6 is 0 Å². The molecule has 0 spiro atoms. The van der Waals surface area contributed by atoms with Gasteiger partial charge in [-0.05, 0) is 24.5 Å². The second-order valence-electron chi connectivity index (χ2n) is 4.90. The quantitative estimate of drug-likeness (QED) is 0.832. The molecule has 0 aliphatic heterocycles. The summed E-state index contributed by atoms with van der Waals surface area (Å²) in [5.41, 5.74) is 2.41. The molecule has 1 aromatic heterocycles. The number of nitrogens with zero attached hydrogens (tertiary/aromatic N) is 3. The molecule has 0 fully saturated rings. The lowest BCUT2D eigenvalue weighted by molar-refractivity contribution is -0.122. The summed E-state index contributed by atoms with van der Waals surface area (Å²) >= 11 is 0. The van der Waals surface area contributed by atoms with Crippen LogP contribution in [0.2, 0.25) is 0 Å². The smallest absolute Gasteiger partial charge is 0.412 e. The first-order valence-corrected chi connectivity index (χ1v) is 7.15. The predicted octanol–water partition coefficient (Wildman–Crippen LogP) is 1.12. The molecule has 1 heterocycles. The van der Waals surface area contributed by atoms with E-state index < -0.39 is 6.09 Å². The van der Waals surface area contributed by atoms with E-state index in [0.717, 1.165) is 6.42 Å². The van der Waals surface area contributed by atoms with Crippen LogP contribution in [0.4, 0.5) is 10.6 Å². The van der Waals surface area contributed by atoms with Gasteiger partial charge in [0.1, 0.15) is 6.54 Å². The Morgan fingerprint density at radius 3 is 2.83 bits per heavy atom. The number of benzene rings is 1. The number of amides is 2. The number of rotatable bonds is 6. The number of aryl methyl sites for hydroxylation is 1. The third-order valence-electron chi connectivity index (χ3n) is 3.21. The number of ether oxygens (including phenoxy) is 1. The Labute approximate surface area is 133 Å². The summed E-state index contributed by atoms with van der Waals surface area (Å²) in [6, 6.07) is 8.05. The van der Waals surface area contributed by atoms with Gasteiger partial charge in [-0.25, -0.2) is 4.79 Å². The molecular weight excluding hydrogens is 298 g/mol. The fourth-order valence-corrected chi connectivity index (χ4v) is 2.00. The second-order valence-corrected chi connectivity index (χ2v) is 4.90. The van der Waals surface area contributed by atoms with E-state index in [1.54, 1.807) is 0 Å². The molecule has 0 bridgehead atoms. The van der Waals surface area contributed by atoms with Gasteiger partial charge in [-0.3, -0.25) is 10.1 Å². The largest absolute Gasteiger partial charge is 0.453 e. The number of hydrogen-bond acceptors (Lipinski definition) is 5. The van der Waals surface area contributed by atoms with Crippen molar-refractivity contribution in [2.75, 3.05) is 19.0 Å². The van der Waals surface area contributed by atoms with E-state index in [2.05, 4.69) is 25.6 Å². The Bertz CT molecular complexity index is 683. The zero-order valence-corrected chi connectivity index (χ0v) is 13.1. The van der Waals surface area contributed by atoms with E-state index in [0.29, 0.717) is 6.54 Å². The van der Waals surface area contributed by atoms with Crippen molar-refractivity contribution < 1.29 is 14.3 Å². The van der Waals surface area contributed by atoms with Gasteiger partial charge < -0.3 is 10.1 Å². The van der Waals surface area contributed by atoms with Crippen LogP contribution in [0, 0.1) is 6.92 Å². The van der Waals surface area contributed by atoms with Crippen LogP contribution in [-0.2, 0) is 22.5 Å². The van der Waals surface area contributed by atoms with Gasteiger partial charge in [0.2, 0.25) is 5.91 Å². The summed E-state index contributed by atoms with van der Waals surface area (Å²) in [5.74, 6) is 0.0309. The van der Waals surface area contributed by atoms with Crippen molar-refractivity contribution in [1.82, 2.24) is 20.3 Å². The summed E-state index contributed by atoms with van der Waals surface area (Å²) in [6.45, 7) is 2.56. The Kier molecular flexibility index (Phi) is 5.67. The van der Waals surface area contributed by atoms with Gasteiger partial charge in [0.15, 0.2) is 5.82 Å². The van der Waals surface area contributed by atoms with E-state index in [9.17, 15) is 9.59 Å². The van der Waals surface area contributed by atoms with E-state index in [1.165, 1.54) is 29.2 Å². The normalized spacial score (nSPS) is 10.2. The van der Waals surface area contributed by atoms with Crippen molar-refractivity contribution in [3.63, 3.8) is 0 Å². The fraction of sp³-hybridized carbons (Fsp3) is 0.333. The molecule has 8 heteroatoms. The first-order chi connectivity index (χ1) is 11.1. The minimum atomic E-state index is -0.639. The Morgan fingerprint density at radius 1 is 1.30 bits per heavy atom. The van der Waals surface area contributed by atoms with E-state index in [4.69, 9.17) is 0 Å². The van der Waals surface area contributed by atoms with Crippen LogP contribution in [0.3, 0.4) is 0 Å². The highest BCUT2D eigenvalue weighted by atomic mass is 16.5.